The van der Waals surface area contributed by atoms with Gasteiger partial charge in [-0.25, -0.2) is 4.79 Å². The zero-order valence-corrected chi connectivity index (χ0v) is 9.08. The van der Waals surface area contributed by atoms with Gasteiger partial charge < -0.3 is 9.47 Å². The highest BCUT2D eigenvalue weighted by atomic mass is 35.5. The van der Waals surface area contributed by atoms with Crippen LogP contribution in [0.1, 0.15) is 12.5 Å². The Morgan fingerprint density at radius 3 is 3.20 bits per heavy atom. The molecule has 0 spiro atoms. The van der Waals surface area contributed by atoms with Crippen molar-refractivity contribution < 1.29 is 14.3 Å². The molecule has 1 heterocycles. The van der Waals surface area contributed by atoms with Crippen LogP contribution in [0.4, 0.5) is 0 Å². The smallest absolute Gasteiger partial charge is 0.347 e. The van der Waals surface area contributed by atoms with E-state index in [4.69, 9.17) is 21.1 Å². The number of esters is 1. The van der Waals surface area contributed by atoms with Crippen LogP contribution in [0.15, 0.2) is 18.2 Å². The van der Waals surface area contributed by atoms with Crippen molar-refractivity contribution in [2.45, 2.75) is 19.4 Å². The van der Waals surface area contributed by atoms with Crippen molar-refractivity contribution in [1.82, 2.24) is 0 Å². The van der Waals surface area contributed by atoms with Crippen molar-refractivity contribution in [2.75, 3.05) is 6.61 Å². The maximum atomic E-state index is 11.4. The molecule has 0 amide bonds. The normalized spacial score (nSPS) is 18.1. The largest absolute Gasteiger partial charge is 0.478 e. The van der Waals surface area contributed by atoms with Crippen LogP contribution in [-0.4, -0.2) is 18.7 Å². The van der Waals surface area contributed by atoms with Gasteiger partial charge in [-0.15, -0.1) is 0 Å². The van der Waals surface area contributed by atoms with Gasteiger partial charge in [-0.05, 0) is 24.6 Å². The van der Waals surface area contributed by atoms with Crippen LogP contribution in [0.25, 0.3) is 0 Å². The molecule has 0 saturated heterocycles. The number of benzene rings is 1. The molecule has 1 aliphatic heterocycles. The second-order valence-corrected chi connectivity index (χ2v) is 3.75. The lowest BCUT2D eigenvalue weighted by molar-refractivity contribution is -0.150. The monoisotopic (exact) mass is 226 g/mol. The molecule has 15 heavy (non-hydrogen) atoms. The summed E-state index contributed by atoms with van der Waals surface area (Å²) in [6.07, 6.45) is 0.0455. The van der Waals surface area contributed by atoms with Gasteiger partial charge in [0.2, 0.25) is 0 Å². The van der Waals surface area contributed by atoms with E-state index in [0.717, 1.165) is 5.56 Å². The van der Waals surface area contributed by atoms with E-state index in [1.54, 1.807) is 19.1 Å². The van der Waals surface area contributed by atoms with Crippen molar-refractivity contribution >= 4 is 17.6 Å². The summed E-state index contributed by atoms with van der Waals surface area (Å²) in [7, 11) is 0. The molecule has 3 nitrogen and oxygen atoms in total. The van der Waals surface area contributed by atoms with Crippen LogP contribution in [0, 0.1) is 0 Å². The molecule has 0 radical (unpaired) electrons. The topological polar surface area (TPSA) is 35.5 Å². The van der Waals surface area contributed by atoms with Crippen molar-refractivity contribution in [3.8, 4) is 5.75 Å². The number of hydrogen-bond acceptors (Lipinski definition) is 3. The lowest BCUT2D eigenvalue weighted by Crippen LogP contribution is -2.27. The minimum atomic E-state index is -0.515. The minimum absolute atomic E-state index is 0.315. The van der Waals surface area contributed by atoms with E-state index in [-0.39, 0.29) is 5.97 Å². The average Bonchev–Trinajstić information content (AvgIpc) is 2.60. The molecule has 1 aromatic rings. The Morgan fingerprint density at radius 2 is 2.47 bits per heavy atom. The molecule has 0 bridgehead atoms. The summed E-state index contributed by atoms with van der Waals surface area (Å²) in [4.78, 5) is 11.4. The van der Waals surface area contributed by atoms with Crippen LogP contribution in [0.3, 0.4) is 0 Å². The summed E-state index contributed by atoms with van der Waals surface area (Å²) in [5.74, 6) is 0.366. The van der Waals surface area contributed by atoms with Gasteiger partial charge in [-0.3, -0.25) is 0 Å². The van der Waals surface area contributed by atoms with Crippen LogP contribution in [0.5, 0.6) is 5.75 Å². The highest BCUT2D eigenvalue weighted by Gasteiger charge is 2.30. The quantitative estimate of drug-likeness (QED) is 0.726. The predicted octanol–water partition coefficient (Wildman–Crippen LogP) is 2.21. The number of hydrogen-bond donors (Lipinski definition) is 0. The van der Waals surface area contributed by atoms with E-state index >= 15 is 0 Å². The fraction of sp³-hybridized carbons (Fsp3) is 0.364. The standard InChI is InChI=1S/C11H11ClO3/c1-2-14-11(13)10-5-7-3-4-8(12)6-9(7)15-10/h3-4,6,10H,2,5H2,1H3. The van der Waals surface area contributed by atoms with Gasteiger partial charge in [0.25, 0.3) is 0 Å². The summed E-state index contributed by atoms with van der Waals surface area (Å²) >= 11 is 5.82. The van der Waals surface area contributed by atoms with E-state index in [1.807, 2.05) is 6.07 Å². The van der Waals surface area contributed by atoms with E-state index in [0.29, 0.717) is 23.8 Å². The summed E-state index contributed by atoms with van der Waals surface area (Å²) in [5.41, 5.74) is 0.998. The lowest BCUT2D eigenvalue weighted by Gasteiger charge is -2.08. The third kappa shape index (κ3) is 2.07. The zero-order valence-electron chi connectivity index (χ0n) is 8.33. The minimum Gasteiger partial charge on any atom is -0.478 e. The first-order chi connectivity index (χ1) is 7.20. The van der Waals surface area contributed by atoms with Crippen molar-refractivity contribution in [1.29, 1.82) is 0 Å². The third-order valence-corrected chi connectivity index (χ3v) is 2.49. The molecule has 0 saturated carbocycles. The van der Waals surface area contributed by atoms with Crippen LogP contribution in [-0.2, 0) is 16.0 Å². The summed E-state index contributed by atoms with van der Waals surface area (Å²) in [6, 6.07) is 5.38. The van der Waals surface area contributed by atoms with E-state index in [9.17, 15) is 4.79 Å². The first-order valence-electron chi connectivity index (χ1n) is 4.82. The maximum absolute atomic E-state index is 11.4. The van der Waals surface area contributed by atoms with Gasteiger partial charge in [0.05, 0.1) is 6.61 Å². The molecule has 1 aliphatic rings. The lowest BCUT2D eigenvalue weighted by atomic mass is 10.1. The van der Waals surface area contributed by atoms with Crippen LogP contribution < -0.4 is 4.74 Å². The number of halogens is 1. The number of ether oxygens (including phenoxy) is 2. The third-order valence-electron chi connectivity index (χ3n) is 2.25. The highest BCUT2D eigenvalue weighted by Crippen LogP contribution is 2.31. The summed E-state index contributed by atoms with van der Waals surface area (Å²) < 4.78 is 10.3. The molecule has 0 N–H and O–H groups in total. The molecule has 80 valence electrons. The number of fused-ring (bicyclic) bond motifs is 1. The fourth-order valence-corrected chi connectivity index (χ4v) is 1.73. The molecule has 0 aliphatic carbocycles. The van der Waals surface area contributed by atoms with Gasteiger partial charge in [0, 0.05) is 11.4 Å². The van der Waals surface area contributed by atoms with E-state index < -0.39 is 6.10 Å². The Hall–Kier alpha value is -1.22. The van der Waals surface area contributed by atoms with Crippen LogP contribution in [0.2, 0.25) is 5.02 Å². The zero-order chi connectivity index (χ0) is 10.8. The molecular formula is C11H11ClO3. The molecule has 0 aromatic heterocycles. The second-order valence-electron chi connectivity index (χ2n) is 3.31. The second kappa shape index (κ2) is 4.11. The van der Waals surface area contributed by atoms with Gasteiger partial charge >= 0.3 is 5.97 Å². The highest BCUT2D eigenvalue weighted by molar-refractivity contribution is 6.30. The van der Waals surface area contributed by atoms with Crippen molar-refractivity contribution in [3.63, 3.8) is 0 Å². The molecule has 1 unspecified atom stereocenters. The molecular weight excluding hydrogens is 216 g/mol. The Balaban J connectivity index is 2.12. The Kier molecular flexibility index (Phi) is 2.82. The molecule has 0 fully saturated rings. The van der Waals surface area contributed by atoms with Gasteiger partial charge in [-0.2, -0.15) is 0 Å². The first-order valence-corrected chi connectivity index (χ1v) is 5.20. The average molecular weight is 227 g/mol. The summed E-state index contributed by atoms with van der Waals surface area (Å²) in [6.45, 7) is 2.15. The van der Waals surface area contributed by atoms with Gasteiger partial charge in [-0.1, -0.05) is 17.7 Å². The summed E-state index contributed by atoms with van der Waals surface area (Å²) in [5, 5.41) is 0.609. The maximum Gasteiger partial charge on any atom is 0.347 e. The number of carbonyl (C=O) groups is 1. The fourth-order valence-electron chi connectivity index (χ4n) is 1.57. The number of rotatable bonds is 2. The Labute approximate surface area is 92.9 Å². The molecule has 2 rings (SSSR count). The molecule has 1 aromatic carbocycles. The first kappa shape index (κ1) is 10.3. The molecule has 1 atom stereocenters. The van der Waals surface area contributed by atoms with E-state index in [2.05, 4.69) is 0 Å². The Morgan fingerprint density at radius 1 is 1.67 bits per heavy atom. The Bertz CT molecular complexity index is 389. The van der Waals surface area contributed by atoms with Crippen molar-refractivity contribution in [3.05, 3.63) is 28.8 Å². The van der Waals surface area contributed by atoms with Gasteiger partial charge in [0.15, 0.2) is 6.10 Å². The predicted molar refractivity (Wildman–Crippen MR) is 56.2 cm³/mol. The van der Waals surface area contributed by atoms with Crippen molar-refractivity contribution in [2.24, 2.45) is 0 Å². The molecule has 4 heteroatoms. The van der Waals surface area contributed by atoms with Gasteiger partial charge in [0.1, 0.15) is 5.75 Å². The van der Waals surface area contributed by atoms with E-state index in [1.165, 1.54) is 0 Å². The SMILES string of the molecule is CCOC(=O)C1Cc2ccc(Cl)cc2O1. The number of carbonyl (C=O) groups excluding carboxylic acids is 1. The van der Waals surface area contributed by atoms with Crippen LogP contribution >= 0.6 is 11.6 Å².